The molecule has 86 valence electrons. The van der Waals surface area contributed by atoms with Crippen LogP contribution in [0.25, 0.3) is 0 Å². The third-order valence-corrected chi connectivity index (χ3v) is 2.40. The highest BCUT2D eigenvalue weighted by Crippen LogP contribution is 2.34. The fraction of sp³-hybridized carbons (Fsp3) is 0.273. The maximum Gasteiger partial charge on any atom is 0.416 e. The maximum atomic E-state index is 12.5. The highest BCUT2D eigenvalue weighted by atomic mass is 19.4. The second-order valence-electron chi connectivity index (χ2n) is 3.57. The van der Waals surface area contributed by atoms with Gasteiger partial charge in [0.05, 0.1) is 5.56 Å². The third-order valence-electron chi connectivity index (χ3n) is 2.40. The van der Waals surface area contributed by atoms with Gasteiger partial charge in [0.1, 0.15) is 6.10 Å². The zero-order chi connectivity index (χ0) is 11.8. The molecule has 0 saturated heterocycles. The van der Waals surface area contributed by atoms with E-state index in [4.69, 9.17) is 10.5 Å². The van der Waals surface area contributed by atoms with Crippen LogP contribution in [0.1, 0.15) is 23.7 Å². The Morgan fingerprint density at radius 3 is 2.62 bits per heavy atom. The molecule has 0 aliphatic carbocycles. The van der Waals surface area contributed by atoms with Gasteiger partial charge in [-0.3, -0.25) is 0 Å². The molecule has 1 unspecified atom stereocenters. The van der Waals surface area contributed by atoms with Gasteiger partial charge >= 0.3 is 6.18 Å². The van der Waals surface area contributed by atoms with Gasteiger partial charge in [-0.2, -0.15) is 13.2 Å². The van der Waals surface area contributed by atoms with E-state index in [1.54, 1.807) is 12.1 Å². The van der Waals surface area contributed by atoms with Gasteiger partial charge in [0.2, 0.25) is 0 Å². The molecule has 1 aliphatic heterocycles. The van der Waals surface area contributed by atoms with Crippen LogP contribution in [0.4, 0.5) is 13.2 Å². The van der Waals surface area contributed by atoms with E-state index in [2.05, 4.69) is 0 Å². The Balaban J connectivity index is 2.24. The fourth-order valence-corrected chi connectivity index (χ4v) is 1.60. The summed E-state index contributed by atoms with van der Waals surface area (Å²) in [4.78, 5) is 0. The lowest BCUT2D eigenvalue weighted by Gasteiger charge is -2.14. The summed E-state index contributed by atoms with van der Waals surface area (Å²) in [6, 6.07) is 5.11. The van der Waals surface area contributed by atoms with Crippen molar-refractivity contribution in [1.29, 1.82) is 0 Å². The first-order chi connectivity index (χ1) is 7.47. The van der Waals surface area contributed by atoms with Crippen molar-refractivity contribution in [2.45, 2.75) is 18.7 Å². The molecule has 1 aromatic rings. The van der Waals surface area contributed by atoms with Crippen molar-refractivity contribution in [3.63, 3.8) is 0 Å². The van der Waals surface area contributed by atoms with Crippen molar-refractivity contribution in [3.05, 3.63) is 47.4 Å². The minimum absolute atomic E-state index is 0.266. The van der Waals surface area contributed by atoms with Gasteiger partial charge < -0.3 is 10.5 Å². The van der Waals surface area contributed by atoms with E-state index in [9.17, 15) is 13.2 Å². The molecule has 1 atom stereocenters. The standard InChI is InChI=1S/C11H10F3NO/c12-11(13,14)8-3-1-2-7(6-8)9-4-5-10(15)16-9/h1-3,5-6,9H,4,15H2. The van der Waals surface area contributed by atoms with Gasteiger partial charge in [-0.15, -0.1) is 0 Å². The van der Waals surface area contributed by atoms with E-state index in [0.717, 1.165) is 12.1 Å². The largest absolute Gasteiger partial charge is 0.471 e. The molecular formula is C11H10F3NO. The zero-order valence-electron chi connectivity index (χ0n) is 8.29. The van der Waals surface area contributed by atoms with Crippen molar-refractivity contribution >= 4 is 0 Å². The van der Waals surface area contributed by atoms with Crippen LogP contribution in [0, 0.1) is 0 Å². The molecule has 0 saturated carbocycles. The summed E-state index contributed by atoms with van der Waals surface area (Å²) < 4.78 is 42.5. The molecule has 2 nitrogen and oxygen atoms in total. The summed E-state index contributed by atoms with van der Waals surface area (Å²) in [6.45, 7) is 0. The monoisotopic (exact) mass is 229 g/mol. The molecule has 0 spiro atoms. The molecule has 0 aromatic heterocycles. The molecule has 5 heteroatoms. The highest BCUT2D eigenvalue weighted by molar-refractivity contribution is 5.28. The topological polar surface area (TPSA) is 35.2 Å². The Labute approximate surface area is 90.5 Å². The minimum Gasteiger partial charge on any atom is -0.471 e. The molecular weight excluding hydrogens is 219 g/mol. The van der Waals surface area contributed by atoms with Crippen LogP contribution in [-0.4, -0.2) is 0 Å². The van der Waals surface area contributed by atoms with Crippen LogP contribution in [0.5, 0.6) is 0 Å². The molecule has 0 fully saturated rings. The van der Waals surface area contributed by atoms with Gasteiger partial charge in [0, 0.05) is 6.42 Å². The Morgan fingerprint density at radius 1 is 1.31 bits per heavy atom. The number of rotatable bonds is 1. The molecule has 1 aliphatic rings. The van der Waals surface area contributed by atoms with Crippen molar-refractivity contribution in [1.82, 2.24) is 0 Å². The molecule has 16 heavy (non-hydrogen) atoms. The summed E-state index contributed by atoms with van der Waals surface area (Å²) in [6.07, 6.45) is -2.56. The smallest absolute Gasteiger partial charge is 0.416 e. The predicted octanol–water partition coefficient (Wildman–Crippen LogP) is 2.97. The second-order valence-corrected chi connectivity index (χ2v) is 3.57. The fourth-order valence-electron chi connectivity index (χ4n) is 1.60. The van der Waals surface area contributed by atoms with E-state index < -0.39 is 17.8 Å². The summed E-state index contributed by atoms with van der Waals surface area (Å²) in [5, 5.41) is 0. The lowest BCUT2D eigenvalue weighted by atomic mass is 10.0. The zero-order valence-corrected chi connectivity index (χ0v) is 8.29. The first kappa shape index (κ1) is 10.9. The van der Waals surface area contributed by atoms with E-state index in [0.29, 0.717) is 12.0 Å². The average molecular weight is 229 g/mol. The molecule has 0 bridgehead atoms. The first-order valence-corrected chi connectivity index (χ1v) is 4.76. The van der Waals surface area contributed by atoms with Crippen LogP contribution in [-0.2, 0) is 10.9 Å². The predicted molar refractivity (Wildman–Crippen MR) is 52.2 cm³/mol. The van der Waals surface area contributed by atoms with Gasteiger partial charge in [0.25, 0.3) is 0 Å². The van der Waals surface area contributed by atoms with E-state index in [1.165, 1.54) is 6.07 Å². The molecule has 1 aromatic carbocycles. The lowest BCUT2D eigenvalue weighted by molar-refractivity contribution is -0.137. The average Bonchev–Trinajstić information content (AvgIpc) is 2.64. The van der Waals surface area contributed by atoms with Crippen LogP contribution in [0.2, 0.25) is 0 Å². The Bertz CT molecular complexity index is 425. The number of ether oxygens (including phenoxy) is 1. The first-order valence-electron chi connectivity index (χ1n) is 4.76. The SMILES string of the molecule is NC1=CCC(c2cccc(C(F)(F)F)c2)O1. The summed E-state index contributed by atoms with van der Waals surface area (Å²) in [5.41, 5.74) is 5.23. The number of hydrogen-bond acceptors (Lipinski definition) is 2. The lowest BCUT2D eigenvalue weighted by Crippen LogP contribution is -2.07. The third kappa shape index (κ3) is 2.13. The Hall–Kier alpha value is -1.65. The highest BCUT2D eigenvalue weighted by Gasteiger charge is 2.31. The number of alkyl halides is 3. The van der Waals surface area contributed by atoms with Crippen LogP contribution >= 0.6 is 0 Å². The molecule has 2 N–H and O–H groups in total. The molecule has 0 amide bonds. The van der Waals surface area contributed by atoms with Gasteiger partial charge in [-0.05, 0) is 23.8 Å². The summed E-state index contributed by atoms with van der Waals surface area (Å²) in [5.74, 6) is 0.266. The van der Waals surface area contributed by atoms with Crippen molar-refractivity contribution < 1.29 is 17.9 Å². The molecule has 0 radical (unpaired) electrons. The summed E-state index contributed by atoms with van der Waals surface area (Å²) >= 11 is 0. The van der Waals surface area contributed by atoms with Crippen molar-refractivity contribution in [2.24, 2.45) is 5.73 Å². The summed E-state index contributed by atoms with van der Waals surface area (Å²) in [7, 11) is 0. The quantitative estimate of drug-likeness (QED) is 0.803. The Kier molecular flexibility index (Phi) is 2.53. The normalized spacial score (nSPS) is 20.4. The van der Waals surface area contributed by atoms with Crippen LogP contribution < -0.4 is 5.73 Å². The van der Waals surface area contributed by atoms with E-state index >= 15 is 0 Å². The number of nitrogens with two attached hydrogens (primary N) is 1. The maximum absolute atomic E-state index is 12.5. The van der Waals surface area contributed by atoms with Gasteiger partial charge in [-0.1, -0.05) is 12.1 Å². The molecule has 2 rings (SSSR count). The number of hydrogen-bond donors (Lipinski definition) is 1. The minimum atomic E-state index is -4.33. The number of benzene rings is 1. The van der Waals surface area contributed by atoms with Crippen molar-refractivity contribution in [3.8, 4) is 0 Å². The second kappa shape index (κ2) is 3.73. The van der Waals surface area contributed by atoms with Gasteiger partial charge in [-0.25, -0.2) is 0 Å². The van der Waals surface area contributed by atoms with E-state index in [-0.39, 0.29) is 5.88 Å². The van der Waals surface area contributed by atoms with E-state index in [1.807, 2.05) is 0 Å². The van der Waals surface area contributed by atoms with Crippen LogP contribution in [0.15, 0.2) is 36.2 Å². The molecule has 1 heterocycles. The van der Waals surface area contributed by atoms with Crippen LogP contribution in [0.3, 0.4) is 0 Å². The number of halogens is 3. The van der Waals surface area contributed by atoms with Crippen molar-refractivity contribution in [2.75, 3.05) is 0 Å². The van der Waals surface area contributed by atoms with Gasteiger partial charge in [0.15, 0.2) is 5.88 Å². The Morgan fingerprint density at radius 2 is 2.06 bits per heavy atom.